The van der Waals surface area contributed by atoms with Crippen LogP contribution >= 0.6 is 22.6 Å². The van der Waals surface area contributed by atoms with Gasteiger partial charge in [-0.15, -0.1) is 0 Å². The van der Waals surface area contributed by atoms with Gasteiger partial charge in [-0.05, 0) is 60.0 Å². The number of halogens is 1. The minimum absolute atomic E-state index is 0.543. The molecule has 0 aliphatic heterocycles. The van der Waals surface area contributed by atoms with E-state index < -0.39 is 0 Å². The Balaban J connectivity index is 2.17. The Labute approximate surface area is 119 Å². The zero-order valence-corrected chi connectivity index (χ0v) is 12.7. The number of hydrogen-bond donors (Lipinski definition) is 1. The van der Waals surface area contributed by atoms with Crippen LogP contribution in [-0.2, 0) is 0 Å². The molecule has 1 nitrogen and oxygen atoms in total. The van der Waals surface area contributed by atoms with Gasteiger partial charge in [0.2, 0.25) is 0 Å². The lowest BCUT2D eigenvalue weighted by Crippen LogP contribution is -2.25. The van der Waals surface area contributed by atoms with Crippen LogP contribution in [-0.4, -0.2) is 7.05 Å². The van der Waals surface area contributed by atoms with Gasteiger partial charge in [-0.1, -0.05) is 43.9 Å². The number of hydrogen-bond acceptors (Lipinski definition) is 1. The van der Waals surface area contributed by atoms with Crippen LogP contribution in [0.1, 0.15) is 50.1 Å². The molecular formula is C15H22IN. The standard InChI is InChI=1S/C15H22IN/c1-17-15(12-8-4-2-3-5-9-12)13-10-6-7-11-14(13)16/h6-7,10-12,15,17H,2-5,8-9H2,1H3. The highest BCUT2D eigenvalue weighted by Crippen LogP contribution is 2.34. The van der Waals surface area contributed by atoms with E-state index in [9.17, 15) is 0 Å². The van der Waals surface area contributed by atoms with Gasteiger partial charge in [0.25, 0.3) is 0 Å². The fraction of sp³-hybridized carbons (Fsp3) is 0.600. The lowest BCUT2D eigenvalue weighted by atomic mass is 9.87. The summed E-state index contributed by atoms with van der Waals surface area (Å²) in [6, 6.07) is 9.34. The molecule has 94 valence electrons. The molecule has 1 N–H and O–H groups in total. The van der Waals surface area contributed by atoms with Gasteiger partial charge in [-0.2, -0.15) is 0 Å². The molecule has 1 unspecified atom stereocenters. The molecule has 1 aromatic rings. The van der Waals surface area contributed by atoms with Gasteiger partial charge in [-0.3, -0.25) is 0 Å². The molecule has 0 radical (unpaired) electrons. The third kappa shape index (κ3) is 3.44. The Kier molecular flexibility index (Phi) is 5.29. The molecular weight excluding hydrogens is 321 g/mol. The largest absolute Gasteiger partial charge is 0.313 e. The van der Waals surface area contributed by atoms with Gasteiger partial charge in [0.1, 0.15) is 0 Å². The van der Waals surface area contributed by atoms with E-state index in [1.54, 1.807) is 0 Å². The molecule has 1 saturated carbocycles. The summed E-state index contributed by atoms with van der Waals surface area (Å²) in [5.41, 5.74) is 1.49. The molecule has 1 atom stereocenters. The van der Waals surface area contributed by atoms with Crippen molar-refractivity contribution in [3.63, 3.8) is 0 Å². The van der Waals surface area contributed by atoms with Gasteiger partial charge >= 0.3 is 0 Å². The lowest BCUT2D eigenvalue weighted by Gasteiger charge is -2.27. The first-order valence-electron chi connectivity index (χ1n) is 6.74. The summed E-state index contributed by atoms with van der Waals surface area (Å²) >= 11 is 2.46. The summed E-state index contributed by atoms with van der Waals surface area (Å²) in [6.45, 7) is 0. The van der Waals surface area contributed by atoms with Crippen molar-refractivity contribution in [3.05, 3.63) is 33.4 Å². The van der Waals surface area contributed by atoms with Crippen molar-refractivity contribution in [3.8, 4) is 0 Å². The molecule has 0 heterocycles. The monoisotopic (exact) mass is 343 g/mol. The molecule has 0 spiro atoms. The molecule has 17 heavy (non-hydrogen) atoms. The fourth-order valence-corrected chi connectivity index (χ4v) is 3.74. The van der Waals surface area contributed by atoms with Crippen molar-refractivity contribution in [2.45, 2.75) is 44.6 Å². The molecule has 0 bridgehead atoms. The summed E-state index contributed by atoms with van der Waals surface area (Å²) in [6.07, 6.45) is 8.45. The molecule has 1 aliphatic rings. The fourth-order valence-electron chi connectivity index (χ4n) is 3.02. The zero-order chi connectivity index (χ0) is 12.1. The van der Waals surface area contributed by atoms with Crippen LogP contribution in [0.15, 0.2) is 24.3 Å². The quantitative estimate of drug-likeness (QED) is 0.628. The van der Waals surface area contributed by atoms with Crippen molar-refractivity contribution in [2.75, 3.05) is 7.05 Å². The second kappa shape index (κ2) is 6.74. The Morgan fingerprint density at radius 1 is 1.12 bits per heavy atom. The second-order valence-corrected chi connectivity index (χ2v) is 6.20. The van der Waals surface area contributed by atoms with E-state index in [1.807, 2.05) is 0 Å². The van der Waals surface area contributed by atoms with E-state index in [0.717, 1.165) is 5.92 Å². The molecule has 2 heteroatoms. The summed E-state index contributed by atoms with van der Waals surface area (Å²) in [5.74, 6) is 0.818. The van der Waals surface area contributed by atoms with Crippen LogP contribution in [0.2, 0.25) is 0 Å². The van der Waals surface area contributed by atoms with E-state index >= 15 is 0 Å². The molecule has 0 aromatic heterocycles. The average molecular weight is 343 g/mol. The van der Waals surface area contributed by atoms with Crippen LogP contribution in [0.25, 0.3) is 0 Å². The predicted octanol–water partition coefficient (Wildman–Crippen LogP) is 4.52. The van der Waals surface area contributed by atoms with Gasteiger partial charge in [0, 0.05) is 9.61 Å². The summed E-state index contributed by atoms with van der Waals surface area (Å²) in [7, 11) is 2.11. The highest BCUT2D eigenvalue weighted by atomic mass is 127. The highest BCUT2D eigenvalue weighted by molar-refractivity contribution is 14.1. The first-order valence-corrected chi connectivity index (χ1v) is 7.82. The molecule has 1 fully saturated rings. The maximum Gasteiger partial charge on any atom is 0.0356 e. The minimum atomic E-state index is 0.543. The van der Waals surface area contributed by atoms with Crippen molar-refractivity contribution >= 4 is 22.6 Å². The number of rotatable bonds is 3. The first kappa shape index (κ1) is 13.3. The third-order valence-corrected chi connectivity index (χ3v) is 4.90. The van der Waals surface area contributed by atoms with Crippen LogP contribution in [0.5, 0.6) is 0 Å². The van der Waals surface area contributed by atoms with E-state index in [1.165, 1.54) is 47.7 Å². The van der Waals surface area contributed by atoms with Crippen LogP contribution in [0.4, 0.5) is 0 Å². The smallest absolute Gasteiger partial charge is 0.0356 e. The van der Waals surface area contributed by atoms with Crippen molar-refractivity contribution in [2.24, 2.45) is 5.92 Å². The SMILES string of the molecule is CNC(c1ccccc1I)C1CCCCCC1. The second-order valence-electron chi connectivity index (χ2n) is 5.04. The van der Waals surface area contributed by atoms with Gasteiger partial charge in [0.05, 0.1) is 0 Å². The van der Waals surface area contributed by atoms with Crippen molar-refractivity contribution < 1.29 is 0 Å². The predicted molar refractivity (Wildman–Crippen MR) is 82.2 cm³/mol. The molecule has 2 rings (SSSR count). The first-order chi connectivity index (χ1) is 8.33. The Morgan fingerprint density at radius 2 is 1.76 bits per heavy atom. The minimum Gasteiger partial charge on any atom is -0.313 e. The zero-order valence-electron chi connectivity index (χ0n) is 10.6. The Hall–Kier alpha value is -0.0900. The van der Waals surface area contributed by atoms with Gasteiger partial charge < -0.3 is 5.32 Å². The van der Waals surface area contributed by atoms with Crippen LogP contribution in [0.3, 0.4) is 0 Å². The van der Waals surface area contributed by atoms with E-state index in [4.69, 9.17) is 0 Å². The molecule has 0 saturated heterocycles. The van der Waals surface area contributed by atoms with Gasteiger partial charge in [-0.25, -0.2) is 0 Å². The van der Waals surface area contributed by atoms with Gasteiger partial charge in [0.15, 0.2) is 0 Å². The lowest BCUT2D eigenvalue weighted by molar-refractivity contribution is 0.340. The topological polar surface area (TPSA) is 12.0 Å². The number of benzene rings is 1. The van der Waals surface area contributed by atoms with E-state index in [-0.39, 0.29) is 0 Å². The maximum absolute atomic E-state index is 3.55. The number of nitrogens with one attached hydrogen (secondary N) is 1. The molecule has 1 aromatic carbocycles. The van der Waals surface area contributed by atoms with E-state index in [2.05, 4.69) is 59.2 Å². The van der Waals surface area contributed by atoms with E-state index in [0.29, 0.717) is 6.04 Å². The van der Waals surface area contributed by atoms with Crippen LogP contribution in [0, 0.1) is 9.49 Å². The molecule has 0 amide bonds. The normalized spacial score (nSPS) is 19.9. The summed E-state index contributed by atoms with van der Waals surface area (Å²) in [5, 5.41) is 3.55. The average Bonchev–Trinajstić information content (AvgIpc) is 2.62. The Morgan fingerprint density at radius 3 is 2.35 bits per heavy atom. The van der Waals surface area contributed by atoms with Crippen LogP contribution < -0.4 is 5.32 Å². The Bertz CT molecular complexity index is 343. The summed E-state index contributed by atoms with van der Waals surface area (Å²) < 4.78 is 1.40. The third-order valence-electron chi connectivity index (χ3n) is 3.92. The highest BCUT2D eigenvalue weighted by Gasteiger charge is 2.23. The van der Waals surface area contributed by atoms with Crippen molar-refractivity contribution in [1.82, 2.24) is 5.32 Å². The van der Waals surface area contributed by atoms with Crippen molar-refractivity contribution in [1.29, 1.82) is 0 Å². The molecule has 1 aliphatic carbocycles. The summed E-state index contributed by atoms with van der Waals surface area (Å²) in [4.78, 5) is 0. The maximum atomic E-state index is 3.55.